The molecule has 29 heavy (non-hydrogen) atoms. The minimum absolute atomic E-state index is 0.227. The van der Waals surface area contributed by atoms with Crippen molar-refractivity contribution in [1.82, 2.24) is 14.9 Å². The van der Waals surface area contributed by atoms with E-state index in [1.807, 2.05) is 18.2 Å². The molecule has 1 saturated heterocycles. The molecule has 3 aromatic rings. The van der Waals surface area contributed by atoms with Gasteiger partial charge in [0.1, 0.15) is 11.6 Å². The number of benzene rings is 2. The standard InChI is InChI=1S/C23H25FN4O/c1-29-20-9-7-16(8-10-20)14-28-11-3-5-18(15-28)22-21(13-26-23(25)27-22)17-4-2-6-19(24)12-17/h2,4,6-10,12-13,18H,3,5,11,14-15H2,1H3,(H2,25,26,27)/t18-/m1/s1. The van der Waals surface area contributed by atoms with Crippen molar-refractivity contribution in [2.45, 2.75) is 25.3 Å². The Labute approximate surface area is 170 Å². The molecule has 150 valence electrons. The Kier molecular flexibility index (Phi) is 5.71. The molecule has 1 atom stereocenters. The first-order valence-corrected chi connectivity index (χ1v) is 9.86. The summed E-state index contributed by atoms with van der Waals surface area (Å²) in [4.78, 5) is 11.2. The Morgan fingerprint density at radius 1 is 1.21 bits per heavy atom. The number of nitrogens with two attached hydrogens (primary N) is 1. The summed E-state index contributed by atoms with van der Waals surface area (Å²) < 4.78 is 19.0. The highest BCUT2D eigenvalue weighted by molar-refractivity contribution is 5.66. The zero-order chi connectivity index (χ0) is 20.2. The molecule has 5 nitrogen and oxygen atoms in total. The molecule has 1 aliphatic heterocycles. The van der Waals surface area contributed by atoms with Crippen LogP contribution in [0.2, 0.25) is 0 Å². The molecule has 0 radical (unpaired) electrons. The molecule has 4 rings (SSSR count). The van der Waals surface area contributed by atoms with Gasteiger partial charge in [-0.05, 0) is 54.8 Å². The molecule has 1 aromatic heterocycles. The third-order valence-electron chi connectivity index (χ3n) is 5.43. The van der Waals surface area contributed by atoms with Crippen molar-refractivity contribution in [2.24, 2.45) is 0 Å². The summed E-state index contributed by atoms with van der Waals surface area (Å²) in [5.74, 6) is 1.08. The predicted octanol–water partition coefficient (Wildman–Crippen LogP) is 4.25. The quantitative estimate of drug-likeness (QED) is 0.703. The lowest BCUT2D eigenvalue weighted by Crippen LogP contribution is -2.34. The second-order valence-corrected chi connectivity index (χ2v) is 7.46. The fourth-order valence-electron chi connectivity index (χ4n) is 4.01. The molecule has 0 aliphatic carbocycles. The van der Waals surface area contributed by atoms with Gasteiger partial charge in [0.05, 0.1) is 12.8 Å². The first-order chi connectivity index (χ1) is 14.1. The minimum Gasteiger partial charge on any atom is -0.497 e. The smallest absolute Gasteiger partial charge is 0.220 e. The molecule has 1 aliphatic rings. The van der Waals surface area contributed by atoms with Gasteiger partial charge in [-0.25, -0.2) is 14.4 Å². The lowest BCUT2D eigenvalue weighted by molar-refractivity contribution is 0.198. The monoisotopic (exact) mass is 392 g/mol. The van der Waals surface area contributed by atoms with E-state index >= 15 is 0 Å². The number of hydrogen-bond donors (Lipinski definition) is 1. The van der Waals surface area contributed by atoms with E-state index in [9.17, 15) is 4.39 Å². The van der Waals surface area contributed by atoms with Crippen molar-refractivity contribution < 1.29 is 9.13 Å². The molecular weight excluding hydrogens is 367 g/mol. The molecule has 0 spiro atoms. The van der Waals surface area contributed by atoms with Gasteiger partial charge >= 0.3 is 0 Å². The van der Waals surface area contributed by atoms with Gasteiger partial charge in [0.2, 0.25) is 5.95 Å². The van der Waals surface area contributed by atoms with Crippen LogP contribution in [0, 0.1) is 5.82 Å². The van der Waals surface area contributed by atoms with E-state index in [-0.39, 0.29) is 17.7 Å². The molecular formula is C23H25FN4O. The fourth-order valence-corrected chi connectivity index (χ4v) is 4.01. The number of piperidine rings is 1. The van der Waals surface area contributed by atoms with Gasteiger partial charge in [0.25, 0.3) is 0 Å². The molecule has 0 bridgehead atoms. The van der Waals surface area contributed by atoms with Crippen molar-refractivity contribution in [2.75, 3.05) is 25.9 Å². The van der Waals surface area contributed by atoms with Crippen LogP contribution >= 0.6 is 0 Å². The third kappa shape index (κ3) is 4.54. The van der Waals surface area contributed by atoms with Crippen molar-refractivity contribution in [1.29, 1.82) is 0 Å². The van der Waals surface area contributed by atoms with Crippen LogP contribution in [0.1, 0.15) is 30.0 Å². The SMILES string of the molecule is COc1ccc(CN2CCC[C@@H](c3nc(N)ncc3-c3cccc(F)c3)C2)cc1. The minimum atomic E-state index is -0.268. The number of nitrogens with zero attached hydrogens (tertiary/aromatic N) is 3. The maximum absolute atomic E-state index is 13.8. The molecule has 1 fully saturated rings. The summed E-state index contributed by atoms with van der Waals surface area (Å²) >= 11 is 0. The summed E-state index contributed by atoms with van der Waals surface area (Å²) in [6.07, 6.45) is 3.82. The van der Waals surface area contributed by atoms with Gasteiger partial charge in [-0.2, -0.15) is 0 Å². The lowest BCUT2D eigenvalue weighted by atomic mass is 9.89. The number of halogens is 1. The lowest BCUT2D eigenvalue weighted by Gasteiger charge is -2.33. The van der Waals surface area contributed by atoms with Crippen LogP contribution in [-0.4, -0.2) is 35.1 Å². The number of nitrogen functional groups attached to an aromatic ring is 1. The average Bonchev–Trinajstić information content (AvgIpc) is 2.74. The van der Waals surface area contributed by atoms with Crippen LogP contribution < -0.4 is 10.5 Å². The van der Waals surface area contributed by atoms with Gasteiger partial charge in [0.15, 0.2) is 0 Å². The van der Waals surface area contributed by atoms with Gasteiger partial charge in [-0.1, -0.05) is 24.3 Å². The fraction of sp³-hybridized carbons (Fsp3) is 0.304. The predicted molar refractivity (Wildman–Crippen MR) is 112 cm³/mol. The maximum atomic E-state index is 13.8. The number of methoxy groups -OCH3 is 1. The molecule has 6 heteroatoms. The van der Waals surface area contributed by atoms with Crippen LogP contribution in [0.4, 0.5) is 10.3 Å². The summed E-state index contributed by atoms with van der Waals surface area (Å²) in [5, 5.41) is 0. The number of hydrogen-bond acceptors (Lipinski definition) is 5. The molecule has 2 aromatic carbocycles. The third-order valence-corrected chi connectivity index (χ3v) is 5.43. The Bertz CT molecular complexity index is 977. The van der Waals surface area contributed by atoms with Gasteiger partial charge in [-0.15, -0.1) is 0 Å². The second-order valence-electron chi connectivity index (χ2n) is 7.46. The van der Waals surface area contributed by atoms with Crippen molar-refractivity contribution in [3.8, 4) is 16.9 Å². The van der Waals surface area contributed by atoms with Crippen LogP contribution in [0.3, 0.4) is 0 Å². The molecule has 2 heterocycles. The van der Waals surface area contributed by atoms with Crippen LogP contribution in [0.25, 0.3) is 11.1 Å². The zero-order valence-corrected chi connectivity index (χ0v) is 16.5. The van der Waals surface area contributed by atoms with Crippen LogP contribution in [0.15, 0.2) is 54.7 Å². The largest absolute Gasteiger partial charge is 0.497 e. The number of anilines is 1. The molecule has 0 amide bonds. The zero-order valence-electron chi connectivity index (χ0n) is 16.5. The normalized spacial score (nSPS) is 17.2. The number of rotatable bonds is 5. The Morgan fingerprint density at radius 3 is 2.79 bits per heavy atom. The summed E-state index contributed by atoms with van der Waals surface area (Å²) in [7, 11) is 1.67. The Balaban J connectivity index is 1.57. The Morgan fingerprint density at radius 2 is 2.03 bits per heavy atom. The first kappa shape index (κ1) is 19.3. The number of ether oxygens (including phenoxy) is 1. The highest BCUT2D eigenvalue weighted by atomic mass is 19.1. The van der Waals surface area contributed by atoms with E-state index in [4.69, 9.17) is 10.5 Å². The summed E-state index contributed by atoms with van der Waals surface area (Å²) in [5.41, 5.74) is 9.70. The van der Waals surface area contributed by atoms with E-state index in [1.165, 1.54) is 17.7 Å². The molecule has 0 unspecified atom stereocenters. The summed E-state index contributed by atoms with van der Waals surface area (Å²) in [6.45, 7) is 2.79. The van der Waals surface area contributed by atoms with Gasteiger partial charge in [-0.3, -0.25) is 4.90 Å². The van der Waals surface area contributed by atoms with Crippen molar-refractivity contribution >= 4 is 5.95 Å². The maximum Gasteiger partial charge on any atom is 0.220 e. The van der Waals surface area contributed by atoms with E-state index in [0.717, 1.165) is 55.0 Å². The van der Waals surface area contributed by atoms with Crippen molar-refractivity contribution in [3.63, 3.8) is 0 Å². The second kappa shape index (κ2) is 8.57. The first-order valence-electron chi connectivity index (χ1n) is 9.86. The number of aromatic nitrogens is 2. The van der Waals surface area contributed by atoms with Gasteiger partial charge in [0, 0.05) is 30.8 Å². The highest BCUT2D eigenvalue weighted by Gasteiger charge is 2.25. The topological polar surface area (TPSA) is 64.3 Å². The van der Waals surface area contributed by atoms with Gasteiger partial charge < -0.3 is 10.5 Å². The van der Waals surface area contributed by atoms with E-state index in [2.05, 4.69) is 27.0 Å². The highest BCUT2D eigenvalue weighted by Crippen LogP contribution is 2.34. The molecule has 2 N–H and O–H groups in total. The Hall–Kier alpha value is -2.99. The van der Waals surface area contributed by atoms with Crippen LogP contribution in [0.5, 0.6) is 5.75 Å². The van der Waals surface area contributed by atoms with E-state index < -0.39 is 0 Å². The number of likely N-dealkylation sites (tertiary alicyclic amines) is 1. The van der Waals surface area contributed by atoms with E-state index in [1.54, 1.807) is 19.4 Å². The average molecular weight is 392 g/mol. The van der Waals surface area contributed by atoms with Crippen molar-refractivity contribution in [3.05, 3.63) is 71.8 Å². The van der Waals surface area contributed by atoms with Crippen LogP contribution in [-0.2, 0) is 6.54 Å². The molecule has 0 saturated carbocycles. The summed E-state index contributed by atoms with van der Waals surface area (Å²) in [6, 6.07) is 14.7. The van der Waals surface area contributed by atoms with E-state index in [0.29, 0.717) is 0 Å².